The summed E-state index contributed by atoms with van der Waals surface area (Å²) in [6.07, 6.45) is -3.71. The third-order valence-electron chi connectivity index (χ3n) is 4.40. The Bertz CT molecular complexity index is 886. The number of halogens is 3. The molecule has 4 N–H and O–H groups in total. The van der Waals surface area contributed by atoms with E-state index in [-0.39, 0.29) is 30.8 Å². The number of carbonyl (C=O) groups is 1. The van der Waals surface area contributed by atoms with Crippen molar-refractivity contribution in [2.75, 3.05) is 22.6 Å². The van der Waals surface area contributed by atoms with E-state index in [1.165, 1.54) is 0 Å². The maximum atomic E-state index is 13.3. The van der Waals surface area contributed by atoms with Crippen molar-refractivity contribution in [2.45, 2.75) is 32.5 Å². The van der Waals surface area contributed by atoms with E-state index in [2.05, 4.69) is 25.9 Å². The van der Waals surface area contributed by atoms with E-state index in [0.717, 1.165) is 5.56 Å². The smallest absolute Gasteiger partial charge is 0.394 e. The SMILES string of the molecule is CC(C)[C@@H](CO)Nc1nc(Nc2ccc3c(c2)CC(=O)N3)ncc1C(F)(F)F. The Morgan fingerprint density at radius 3 is 2.71 bits per heavy atom. The Labute approximate surface area is 159 Å². The molecule has 1 atom stereocenters. The van der Waals surface area contributed by atoms with E-state index in [0.29, 0.717) is 17.6 Å². The van der Waals surface area contributed by atoms with Gasteiger partial charge in [0.2, 0.25) is 11.9 Å². The number of aromatic nitrogens is 2. The molecule has 0 radical (unpaired) electrons. The maximum absolute atomic E-state index is 13.3. The molecule has 3 rings (SSSR count). The number of amides is 1. The van der Waals surface area contributed by atoms with Crippen LogP contribution in [0.15, 0.2) is 24.4 Å². The molecule has 10 heteroatoms. The summed E-state index contributed by atoms with van der Waals surface area (Å²) in [7, 11) is 0. The van der Waals surface area contributed by atoms with Crippen molar-refractivity contribution in [3.8, 4) is 0 Å². The number of alkyl halides is 3. The van der Waals surface area contributed by atoms with Gasteiger partial charge < -0.3 is 21.1 Å². The fourth-order valence-corrected chi connectivity index (χ4v) is 2.79. The second-order valence-corrected chi connectivity index (χ2v) is 6.85. The molecule has 0 unspecified atom stereocenters. The Hall–Kier alpha value is -2.88. The highest BCUT2D eigenvalue weighted by Crippen LogP contribution is 2.35. The summed E-state index contributed by atoms with van der Waals surface area (Å²) in [5.41, 5.74) is 1.01. The lowest BCUT2D eigenvalue weighted by Crippen LogP contribution is -2.31. The molecule has 1 aliphatic rings. The predicted octanol–water partition coefficient (Wildman–Crippen LogP) is 3.16. The molecule has 0 spiro atoms. The molecular formula is C18H20F3N5O2. The summed E-state index contributed by atoms with van der Waals surface area (Å²) < 4.78 is 39.9. The lowest BCUT2D eigenvalue weighted by molar-refractivity contribution is -0.137. The number of hydrogen-bond acceptors (Lipinski definition) is 6. The normalized spacial score (nSPS) is 14.6. The number of aliphatic hydroxyl groups is 1. The van der Waals surface area contributed by atoms with Gasteiger partial charge in [0, 0.05) is 17.6 Å². The van der Waals surface area contributed by atoms with Crippen molar-refractivity contribution >= 4 is 29.0 Å². The Morgan fingerprint density at radius 2 is 2.07 bits per heavy atom. The summed E-state index contributed by atoms with van der Waals surface area (Å²) in [5.74, 6) is -0.670. The van der Waals surface area contributed by atoms with E-state index in [1.54, 1.807) is 32.0 Å². The Morgan fingerprint density at radius 1 is 1.32 bits per heavy atom. The zero-order valence-electron chi connectivity index (χ0n) is 15.3. The molecule has 1 aromatic carbocycles. The van der Waals surface area contributed by atoms with Crippen molar-refractivity contribution in [1.82, 2.24) is 9.97 Å². The first-order valence-corrected chi connectivity index (χ1v) is 8.69. The van der Waals surface area contributed by atoms with Gasteiger partial charge in [-0.1, -0.05) is 13.8 Å². The van der Waals surface area contributed by atoms with Crippen LogP contribution in [0.5, 0.6) is 0 Å². The van der Waals surface area contributed by atoms with Crippen molar-refractivity contribution in [3.63, 3.8) is 0 Å². The molecule has 7 nitrogen and oxygen atoms in total. The molecule has 150 valence electrons. The number of carbonyl (C=O) groups excluding carboxylic acids is 1. The number of rotatable bonds is 6. The second-order valence-electron chi connectivity index (χ2n) is 6.85. The lowest BCUT2D eigenvalue weighted by Gasteiger charge is -2.23. The first-order chi connectivity index (χ1) is 13.2. The number of hydrogen-bond donors (Lipinski definition) is 4. The van der Waals surface area contributed by atoms with Crippen LogP contribution in [0.1, 0.15) is 25.0 Å². The van der Waals surface area contributed by atoms with Crippen LogP contribution in [0.3, 0.4) is 0 Å². The number of fused-ring (bicyclic) bond motifs is 1. The van der Waals surface area contributed by atoms with Gasteiger partial charge in [-0.3, -0.25) is 4.79 Å². The maximum Gasteiger partial charge on any atom is 0.421 e. The number of nitrogens with one attached hydrogen (secondary N) is 3. The van der Waals surface area contributed by atoms with Gasteiger partial charge in [0.25, 0.3) is 0 Å². The number of anilines is 4. The Balaban J connectivity index is 1.89. The Kier molecular flexibility index (Phi) is 5.41. The van der Waals surface area contributed by atoms with Gasteiger partial charge in [-0.2, -0.15) is 18.2 Å². The number of aliphatic hydroxyl groups excluding tert-OH is 1. The van der Waals surface area contributed by atoms with Crippen LogP contribution in [0.2, 0.25) is 0 Å². The van der Waals surface area contributed by atoms with Gasteiger partial charge in [-0.05, 0) is 29.7 Å². The fourth-order valence-electron chi connectivity index (χ4n) is 2.79. The number of nitrogens with zero attached hydrogens (tertiary/aromatic N) is 2. The first-order valence-electron chi connectivity index (χ1n) is 8.69. The van der Waals surface area contributed by atoms with Gasteiger partial charge in [-0.15, -0.1) is 0 Å². The summed E-state index contributed by atoms with van der Waals surface area (Å²) >= 11 is 0. The summed E-state index contributed by atoms with van der Waals surface area (Å²) in [5, 5.41) is 17.7. The average molecular weight is 395 g/mol. The molecule has 2 aromatic rings. The standard InChI is InChI=1S/C18H20F3N5O2/c1-9(2)14(8-27)25-16-12(18(19,20)21)7-22-17(26-16)23-11-3-4-13-10(5-11)6-15(28)24-13/h3-5,7,9,14,27H,6,8H2,1-2H3,(H,24,28)(H2,22,23,25,26)/t14-/m1/s1. The first kappa shape index (κ1) is 19.9. The van der Waals surface area contributed by atoms with E-state index in [1.807, 2.05) is 0 Å². The highest BCUT2D eigenvalue weighted by Gasteiger charge is 2.36. The molecule has 0 saturated carbocycles. The van der Waals surface area contributed by atoms with E-state index >= 15 is 0 Å². The molecule has 0 saturated heterocycles. The van der Waals surface area contributed by atoms with Crippen LogP contribution in [-0.4, -0.2) is 33.6 Å². The molecule has 0 aliphatic carbocycles. The fraction of sp³-hybridized carbons (Fsp3) is 0.389. The minimum atomic E-state index is -4.64. The van der Waals surface area contributed by atoms with E-state index < -0.39 is 23.6 Å². The highest BCUT2D eigenvalue weighted by molar-refractivity contribution is 5.99. The van der Waals surface area contributed by atoms with E-state index in [4.69, 9.17) is 0 Å². The minimum Gasteiger partial charge on any atom is -0.394 e. The van der Waals surface area contributed by atoms with Crippen molar-refractivity contribution in [3.05, 3.63) is 35.5 Å². The largest absolute Gasteiger partial charge is 0.421 e. The van der Waals surface area contributed by atoms with Crippen LogP contribution < -0.4 is 16.0 Å². The molecular weight excluding hydrogens is 375 g/mol. The van der Waals surface area contributed by atoms with E-state index in [9.17, 15) is 23.1 Å². The molecule has 1 amide bonds. The van der Waals surface area contributed by atoms with Crippen LogP contribution >= 0.6 is 0 Å². The van der Waals surface area contributed by atoms with Gasteiger partial charge in [0.1, 0.15) is 11.4 Å². The van der Waals surface area contributed by atoms with Crippen molar-refractivity contribution in [2.24, 2.45) is 5.92 Å². The third kappa shape index (κ3) is 4.33. The second kappa shape index (κ2) is 7.63. The highest BCUT2D eigenvalue weighted by atomic mass is 19.4. The zero-order chi connectivity index (χ0) is 20.5. The van der Waals surface area contributed by atoms with Gasteiger partial charge in [0.05, 0.1) is 19.1 Å². The van der Waals surface area contributed by atoms with Gasteiger partial charge in [0.15, 0.2) is 0 Å². The quantitative estimate of drug-likeness (QED) is 0.600. The van der Waals surface area contributed by atoms with Crippen molar-refractivity contribution < 1.29 is 23.1 Å². The van der Waals surface area contributed by atoms with Gasteiger partial charge in [-0.25, -0.2) is 4.98 Å². The predicted molar refractivity (Wildman–Crippen MR) is 98.4 cm³/mol. The zero-order valence-corrected chi connectivity index (χ0v) is 15.3. The van der Waals surface area contributed by atoms with Crippen LogP contribution in [0.4, 0.5) is 36.3 Å². The molecule has 1 aromatic heterocycles. The van der Waals surface area contributed by atoms with Crippen molar-refractivity contribution in [1.29, 1.82) is 0 Å². The molecule has 1 aliphatic heterocycles. The molecule has 28 heavy (non-hydrogen) atoms. The van der Waals surface area contributed by atoms with Crippen LogP contribution in [-0.2, 0) is 17.4 Å². The lowest BCUT2D eigenvalue weighted by atomic mass is 10.1. The molecule has 2 heterocycles. The molecule has 0 fully saturated rings. The summed E-state index contributed by atoms with van der Waals surface area (Å²) in [6, 6.07) is 4.49. The van der Waals surface area contributed by atoms with Crippen LogP contribution in [0, 0.1) is 5.92 Å². The molecule has 0 bridgehead atoms. The number of benzene rings is 1. The monoisotopic (exact) mass is 395 g/mol. The third-order valence-corrected chi connectivity index (χ3v) is 4.40. The summed E-state index contributed by atoms with van der Waals surface area (Å²) in [4.78, 5) is 19.2. The minimum absolute atomic E-state index is 0.0341. The van der Waals surface area contributed by atoms with Gasteiger partial charge >= 0.3 is 6.18 Å². The summed E-state index contributed by atoms with van der Waals surface area (Å²) in [6.45, 7) is 3.22. The topological polar surface area (TPSA) is 99.2 Å². The van der Waals surface area contributed by atoms with Crippen LogP contribution in [0.25, 0.3) is 0 Å². The average Bonchev–Trinajstić information content (AvgIpc) is 2.97.